The summed E-state index contributed by atoms with van der Waals surface area (Å²) in [7, 11) is 0. The number of allylic oxidation sites excluding steroid dienone is 2. The van der Waals surface area contributed by atoms with E-state index in [1.54, 1.807) is 18.2 Å². The molecular weight excluding hydrogens is 184 g/mol. The van der Waals surface area contributed by atoms with Crippen molar-refractivity contribution in [3.8, 4) is 5.75 Å². The molecule has 0 amide bonds. The van der Waals surface area contributed by atoms with Crippen LogP contribution in [0.3, 0.4) is 0 Å². The molecule has 1 nitrogen and oxygen atoms in total. The summed E-state index contributed by atoms with van der Waals surface area (Å²) in [5, 5.41) is 8.92. The number of benzene rings is 1. The second-order valence-electron chi connectivity index (χ2n) is 2.34. The van der Waals surface area contributed by atoms with Crippen molar-refractivity contribution in [3.05, 3.63) is 54.1 Å². The van der Waals surface area contributed by atoms with E-state index in [4.69, 9.17) is 16.7 Å². The summed E-state index contributed by atoms with van der Waals surface area (Å²) in [6, 6.07) is 7.25. The van der Waals surface area contributed by atoms with Crippen molar-refractivity contribution < 1.29 is 5.11 Å². The fourth-order valence-corrected chi connectivity index (χ4v) is 0.718. The minimum atomic E-state index is 0.368. The fourth-order valence-electron chi connectivity index (χ4n) is 0.615. The molecule has 0 saturated heterocycles. The Hall–Kier alpha value is -1.21. The maximum Gasteiger partial charge on any atom is 0.118 e. The van der Waals surface area contributed by atoms with Crippen LogP contribution in [0.25, 0.3) is 0 Å². The van der Waals surface area contributed by atoms with Gasteiger partial charge >= 0.3 is 0 Å². The molecule has 0 aliphatic carbocycles. The highest BCUT2D eigenvalue weighted by molar-refractivity contribution is 6.25. The zero-order chi connectivity index (χ0) is 10.1. The predicted octanol–water partition coefficient (Wildman–Crippen LogP) is 3.63. The molecule has 13 heavy (non-hydrogen) atoms. The zero-order valence-corrected chi connectivity index (χ0v) is 8.33. The van der Waals surface area contributed by atoms with Crippen LogP contribution in [0.4, 0.5) is 0 Å². The quantitative estimate of drug-likeness (QED) is 0.681. The van der Waals surface area contributed by atoms with Crippen LogP contribution in [-0.2, 0) is 0 Å². The standard InChI is InChI=1S/C7H8O.C4H5Cl/c1-6-4-2-3-5-7(6)8;1-2-3-4-5/h2-5,8H,1H3;2-4H,1H2/b;4-3+. The molecule has 0 heterocycles. The number of para-hydroxylation sites is 1. The summed E-state index contributed by atoms with van der Waals surface area (Å²) in [4.78, 5) is 0. The lowest BCUT2D eigenvalue weighted by Gasteiger charge is -1.92. The lowest BCUT2D eigenvalue weighted by atomic mass is 10.2. The first kappa shape index (κ1) is 11.8. The van der Waals surface area contributed by atoms with Crippen LogP contribution in [0, 0.1) is 6.92 Å². The second-order valence-corrected chi connectivity index (χ2v) is 2.59. The molecule has 0 spiro atoms. The number of rotatable bonds is 1. The van der Waals surface area contributed by atoms with E-state index in [1.807, 2.05) is 25.1 Å². The van der Waals surface area contributed by atoms with Crippen LogP contribution in [-0.4, -0.2) is 5.11 Å². The molecule has 0 radical (unpaired) electrons. The van der Waals surface area contributed by atoms with Gasteiger partial charge in [-0.05, 0) is 18.6 Å². The van der Waals surface area contributed by atoms with Crippen LogP contribution in [0.2, 0.25) is 0 Å². The van der Waals surface area contributed by atoms with Crippen molar-refractivity contribution in [1.29, 1.82) is 0 Å². The Kier molecular flexibility index (Phi) is 6.75. The van der Waals surface area contributed by atoms with Crippen molar-refractivity contribution in [2.75, 3.05) is 0 Å². The van der Waals surface area contributed by atoms with E-state index in [0.717, 1.165) is 5.56 Å². The van der Waals surface area contributed by atoms with Gasteiger partial charge in [0.25, 0.3) is 0 Å². The third kappa shape index (κ3) is 6.00. The van der Waals surface area contributed by atoms with E-state index >= 15 is 0 Å². The second kappa shape index (κ2) is 7.44. The smallest absolute Gasteiger partial charge is 0.118 e. The third-order valence-corrected chi connectivity index (χ3v) is 1.47. The third-order valence-electron chi connectivity index (χ3n) is 1.32. The molecule has 0 atom stereocenters. The average molecular weight is 197 g/mol. The van der Waals surface area contributed by atoms with E-state index in [0.29, 0.717) is 5.75 Å². The minimum Gasteiger partial charge on any atom is -0.508 e. The van der Waals surface area contributed by atoms with E-state index < -0.39 is 0 Å². The summed E-state index contributed by atoms with van der Waals surface area (Å²) < 4.78 is 0. The molecule has 1 aromatic rings. The molecule has 1 aromatic carbocycles. The van der Waals surface area contributed by atoms with Crippen molar-refractivity contribution in [3.63, 3.8) is 0 Å². The lowest BCUT2D eigenvalue weighted by Crippen LogP contribution is -1.68. The van der Waals surface area contributed by atoms with Gasteiger partial charge in [-0.3, -0.25) is 0 Å². The predicted molar refractivity (Wildman–Crippen MR) is 58.0 cm³/mol. The molecule has 0 aliphatic heterocycles. The first-order chi connectivity index (χ1) is 6.22. The average Bonchev–Trinajstić information content (AvgIpc) is 2.13. The molecule has 0 bridgehead atoms. The summed E-state index contributed by atoms with van der Waals surface area (Å²) in [6.45, 7) is 5.25. The van der Waals surface area contributed by atoms with Gasteiger partial charge < -0.3 is 5.11 Å². The van der Waals surface area contributed by atoms with Crippen molar-refractivity contribution in [2.45, 2.75) is 6.92 Å². The Bertz CT molecular complexity index is 258. The van der Waals surface area contributed by atoms with E-state index in [2.05, 4.69) is 6.58 Å². The topological polar surface area (TPSA) is 20.2 Å². The van der Waals surface area contributed by atoms with Gasteiger partial charge in [0.1, 0.15) is 5.75 Å². The largest absolute Gasteiger partial charge is 0.508 e. The number of aryl methyl sites for hydroxylation is 1. The molecule has 0 fully saturated rings. The molecule has 0 saturated carbocycles. The van der Waals surface area contributed by atoms with Crippen LogP contribution in [0.1, 0.15) is 5.56 Å². The number of aromatic hydroxyl groups is 1. The summed E-state index contributed by atoms with van der Waals surface area (Å²) in [5.74, 6) is 0.368. The van der Waals surface area contributed by atoms with Gasteiger partial charge in [-0.15, -0.1) is 0 Å². The maximum absolute atomic E-state index is 8.92. The highest BCUT2D eigenvalue weighted by Gasteiger charge is 1.86. The molecule has 2 heteroatoms. The van der Waals surface area contributed by atoms with Crippen molar-refractivity contribution >= 4 is 11.6 Å². The van der Waals surface area contributed by atoms with Gasteiger partial charge in [-0.1, -0.05) is 48.5 Å². The Morgan fingerprint density at radius 3 is 2.23 bits per heavy atom. The minimum absolute atomic E-state index is 0.368. The molecule has 0 aliphatic rings. The Balaban J connectivity index is 0.000000252. The number of halogens is 1. The summed E-state index contributed by atoms with van der Waals surface area (Å²) >= 11 is 5.05. The van der Waals surface area contributed by atoms with Crippen LogP contribution >= 0.6 is 11.6 Å². The monoisotopic (exact) mass is 196 g/mol. The number of hydrogen-bond acceptors (Lipinski definition) is 1. The van der Waals surface area contributed by atoms with Gasteiger partial charge in [0.05, 0.1) is 0 Å². The molecular formula is C11H13ClO. The van der Waals surface area contributed by atoms with Crippen LogP contribution in [0.5, 0.6) is 5.75 Å². The van der Waals surface area contributed by atoms with Crippen LogP contribution in [0.15, 0.2) is 48.5 Å². The zero-order valence-electron chi connectivity index (χ0n) is 7.57. The fraction of sp³-hybridized carbons (Fsp3) is 0.0909. The van der Waals surface area contributed by atoms with E-state index in [-0.39, 0.29) is 0 Å². The highest BCUT2D eigenvalue weighted by Crippen LogP contribution is 2.12. The Morgan fingerprint density at radius 2 is 2.00 bits per heavy atom. The number of phenolic OH excluding ortho intramolecular Hbond substituents is 1. The molecule has 70 valence electrons. The Morgan fingerprint density at radius 1 is 1.38 bits per heavy atom. The SMILES string of the molecule is C=C/C=C/Cl.Cc1ccccc1O. The highest BCUT2D eigenvalue weighted by atomic mass is 35.5. The summed E-state index contributed by atoms with van der Waals surface area (Å²) in [5.41, 5.74) is 2.33. The van der Waals surface area contributed by atoms with Gasteiger partial charge in [-0.25, -0.2) is 0 Å². The van der Waals surface area contributed by atoms with E-state index in [1.165, 1.54) is 5.54 Å². The Labute approximate surface area is 84.0 Å². The van der Waals surface area contributed by atoms with Crippen LogP contribution < -0.4 is 0 Å². The molecule has 1 rings (SSSR count). The van der Waals surface area contributed by atoms with Crippen molar-refractivity contribution in [2.24, 2.45) is 0 Å². The molecule has 1 N–H and O–H groups in total. The first-order valence-corrected chi connectivity index (χ1v) is 4.28. The maximum atomic E-state index is 8.92. The van der Waals surface area contributed by atoms with E-state index in [9.17, 15) is 0 Å². The number of phenols is 1. The van der Waals surface area contributed by atoms with Gasteiger partial charge in [0.15, 0.2) is 0 Å². The molecule has 0 aromatic heterocycles. The lowest BCUT2D eigenvalue weighted by molar-refractivity contribution is 0.471. The van der Waals surface area contributed by atoms with Gasteiger partial charge in [0.2, 0.25) is 0 Å². The number of hydrogen-bond donors (Lipinski definition) is 1. The van der Waals surface area contributed by atoms with Crippen molar-refractivity contribution in [1.82, 2.24) is 0 Å². The summed E-state index contributed by atoms with van der Waals surface area (Å²) in [6.07, 6.45) is 3.27. The molecule has 0 unspecified atom stereocenters. The first-order valence-electron chi connectivity index (χ1n) is 3.84. The van der Waals surface area contributed by atoms with Gasteiger partial charge in [-0.2, -0.15) is 0 Å². The van der Waals surface area contributed by atoms with Gasteiger partial charge in [0, 0.05) is 5.54 Å². The normalized spacial score (nSPS) is 9.08.